The van der Waals surface area contributed by atoms with E-state index in [2.05, 4.69) is 5.32 Å². The van der Waals surface area contributed by atoms with E-state index in [9.17, 15) is 9.59 Å². The van der Waals surface area contributed by atoms with E-state index in [-0.39, 0.29) is 23.4 Å². The number of anilines is 2. The summed E-state index contributed by atoms with van der Waals surface area (Å²) in [7, 11) is 1.60. The van der Waals surface area contributed by atoms with Crippen LogP contribution in [0.5, 0.6) is 5.75 Å². The Kier molecular flexibility index (Phi) is 5.56. The number of nitrogens with zero attached hydrogens (tertiary/aromatic N) is 3. The molecule has 0 radical (unpaired) electrons. The Labute approximate surface area is 229 Å². The van der Waals surface area contributed by atoms with Crippen LogP contribution in [0.25, 0.3) is 5.69 Å². The van der Waals surface area contributed by atoms with Gasteiger partial charge in [0, 0.05) is 32.9 Å². The van der Waals surface area contributed by atoms with Gasteiger partial charge in [0.1, 0.15) is 5.75 Å². The molecule has 0 fully saturated rings. The standard InChI is InChI=1S/C29H24Cl2N4O3/c1-15(2)26-24-25(33-35(26)19-6-5-7-20(14-19)38-4)27(36)34(23-13-18(31)9-8-16(23)3)29(24)21-11-10-17(30)12-22(21)32-28(29)37/h5-15H,1-4H3,(H,32,37). The van der Waals surface area contributed by atoms with E-state index in [1.807, 2.05) is 51.1 Å². The number of amides is 2. The molecule has 6 rings (SSSR count). The molecule has 0 saturated heterocycles. The van der Waals surface area contributed by atoms with Crippen LogP contribution in [0.3, 0.4) is 0 Å². The van der Waals surface area contributed by atoms with E-state index in [0.29, 0.717) is 38.3 Å². The van der Waals surface area contributed by atoms with Crippen LogP contribution in [0.2, 0.25) is 10.0 Å². The first kappa shape index (κ1) is 24.5. The maximum absolute atomic E-state index is 14.4. The molecule has 3 heterocycles. The monoisotopic (exact) mass is 546 g/mol. The highest BCUT2D eigenvalue weighted by Gasteiger charge is 2.64. The zero-order chi connectivity index (χ0) is 26.9. The molecule has 2 amide bonds. The number of hydrogen-bond acceptors (Lipinski definition) is 4. The molecule has 38 heavy (non-hydrogen) atoms. The molecule has 1 aromatic heterocycles. The fourth-order valence-electron chi connectivity index (χ4n) is 5.63. The van der Waals surface area contributed by atoms with Crippen LogP contribution in [0, 0.1) is 6.92 Å². The summed E-state index contributed by atoms with van der Waals surface area (Å²) in [4.78, 5) is 30.1. The van der Waals surface area contributed by atoms with Crippen molar-refractivity contribution in [1.29, 1.82) is 0 Å². The molecule has 2 aliphatic heterocycles. The Balaban J connectivity index is 1.73. The number of methoxy groups -OCH3 is 1. The second-order valence-electron chi connectivity index (χ2n) is 9.80. The highest BCUT2D eigenvalue weighted by molar-refractivity contribution is 6.32. The third kappa shape index (κ3) is 3.25. The molecule has 9 heteroatoms. The number of halogens is 2. The number of fused-ring (bicyclic) bond motifs is 4. The lowest BCUT2D eigenvalue weighted by Gasteiger charge is -2.36. The summed E-state index contributed by atoms with van der Waals surface area (Å²) in [6, 6.07) is 18.0. The summed E-state index contributed by atoms with van der Waals surface area (Å²) in [6.07, 6.45) is 0. The predicted molar refractivity (Wildman–Crippen MR) is 148 cm³/mol. The van der Waals surface area contributed by atoms with Gasteiger partial charge in [0.2, 0.25) is 0 Å². The first-order valence-corrected chi connectivity index (χ1v) is 12.9. The lowest BCUT2D eigenvalue weighted by molar-refractivity contribution is -0.119. The maximum Gasteiger partial charge on any atom is 0.280 e. The number of aromatic nitrogens is 2. The number of hydrogen-bond donors (Lipinski definition) is 1. The Morgan fingerprint density at radius 1 is 1.00 bits per heavy atom. The maximum atomic E-state index is 14.4. The average Bonchev–Trinajstić information content (AvgIpc) is 3.49. The summed E-state index contributed by atoms with van der Waals surface area (Å²) in [5.74, 6) is -0.171. The van der Waals surface area contributed by atoms with Gasteiger partial charge in [-0.25, -0.2) is 4.68 Å². The molecule has 1 spiro atoms. The van der Waals surface area contributed by atoms with Crippen LogP contribution < -0.4 is 15.0 Å². The average molecular weight is 547 g/mol. The van der Waals surface area contributed by atoms with Gasteiger partial charge in [0.25, 0.3) is 11.8 Å². The Morgan fingerprint density at radius 2 is 1.74 bits per heavy atom. The minimum absolute atomic E-state index is 0.0910. The molecular formula is C29H24Cl2N4O3. The van der Waals surface area contributed by atoms with E-state index < -0.39 is 5.54 Å². The number of nitrogens with one attached hydrogen (secondary N) is 1. The molecule has 0 bridgehead atoms. The van der Waals surface area contributed by atoms with Gasteiger partial charge in [0.15, 0.2) is 11.2 Å². The topological polar surface area (TPSA) is 76.5 Å². The number of carbonyl (C=O) groups excluding carboxylic acids is 2. The number of ether oxygens (including phenoxy) is 1. The second kappa shape index (κ2) is 8.61. The lowest BCUT2D eigenvalue weighted by atomic mass is 9.81. The van der Waals surface area contributed by atoms with Crippen LogP contribution >= 0.6 is 23.2 Å². The Bertz CT molecular complexity index is 1660. The summed E-state index contributed by atoms with van der Waals surface area (Å²) in [5, 5.41) is 8.77. The highest BCUT2D eigenvalue weighted by Crippen LogP contribution is 2.55. The number of aryl methyl sites for hydroxylation is 1. The van der Waals surface area contributed by atoms with E-state index >= 15 is 0 Å². The van der Waals surface area contributed by atoms with Gasteiger partial charge in [-0.2, -0.15) is 5.10 Å². The van der Waals surface area contributed by atoms with Crippen molar-refractivity contribution in [3.63, 3.8) is 0 Å². The molecule has 4 aromatic rings. The van der Waals surface area contributed by atoms with Crippen molar-refractivity contribution in [2.75, 3.05) is 17.3 Å². The van der Waals surface area contributed by atoms with Gasteiger partial charge in [-0.1, -0.05) is 55.2 Å². The zero-order valence-corrected chi connectivity index (χ0v) is 22.7. The summed E-state index contributed by atoms with van der Waals surface area (Å²) >= 11 is 12.7. The van der Waals surface area contributed by atoms with Gasteiger partial charge in [-0.15, -0.1) is 0 Å². The van der Waals surface area contributed by atoms with Crippen LogP contribution in [0.4, 0.5) is 11.4 Å². The molecule has 1 unspecified atom stereocenters. The van der Waals surface area contributed by atoms with Crippen LogP contribution in [-0.2, 0) is 10.3 Å². The quantitative estimate of drug-likeness (QED) is 0.318. The van der Waals surface area contributed by atoms with Crippen molar-refractivity contribution in [2.45, 2.75) is 32.2 Å². The first-order chi connectivity index (χ1) is 18.2. The van der Waals surface area contributed by atoms with Crippen molar-refractivity contribution in [3.8, 4) is 11.4 Å². The molecule has 1 atom stereocenters. The van der Waals surface area contributed by atoms with E-state index in [1.165, 1.54) is 0 Å². The summed E-state index contributed by atoms with van der Waals surface area (Å²) < 4.78 is 7.19. The smallest absolute Gasteiger partial charge is 0.280 e. The van der Waals surface area contributed by atoms with Gasteiger partial charge < -0.3 is 10.1 Å². The molecule has 1 N–H and O–H groups in total. The Hall–Kier alpha value is -3.81. The number of carbonyl (C=O) groups is 2. The van der Waals surface area contributed by atoms with Crippen molar-refractivity contribution >= 4 is 46.4 Å². The van der Waals surface area contributed by atoms with Gasteiger partial charge in [0.05, 0.1) is 24.2 Å². The fourth-order valence-corrected chi connectivity index (χ4v) is 5.97. The Morgan fingerprint density at radius 3 is 2.47 bits per heavy atom. The predicted octanol–water partition coefficient (Wildman–Crippen LogP) is 6.48. The second-order valence-corrected chi connectivity index (χ2v) is 10.7. The molecular weight excluding hydrogens is 523 g/mol. The normalized spacial score (nSPS) is 17.8. The first-order valence-electron chi connectivity index (χ1n) is 12.2. The van der Waals surface area contributed by atoms with Crippen LogP contribution in [-0.4, -0.2) is 28.7 Å². The number of rotatable bonds is 4. The highest BCUT2D eigenvalue weighted by atomic mass is 35.5. The summed E-state index contributed by atoms with van der Waals surface area (Å²) in [5.41, 5.74) is 3.27. The minimum Gasteiger partial charge on any atom is -0.497 e. The van der Waals surface area contributed by atoms with Crippen molar-refractivity contribution in [2.24, 2.45) is 0 Å². The minimum atomic E-state index is -1.50. The van der Waals surface area contributed by atoms with Gasteiger partial charge >= 0.3 is 0 Å². The molecule has 2 aliphatic rings. The third-order valence-corrected chi connectivity index (χ3v) is 7.70. The molecule has 192 valence electrons. The van der Waals surface area contributed by atoms with Crippen LogP contribution in [0.15, 0.2) is 60.7 Å². The molecule has 0 saturated carbocycles. The molecule has 0 aliphatic carbocycles. The van der Waals surface area contributed by atoms with Gasteiger partial charge in [-0.05, 0) is 54.8 Å². The van der Waals surface area contributed by atoms with Crippen molar-refractivity contribution < 1.29 is 14.3 Å². The van der Waals surface area contributed by atoms with E-state index in [0.717, 1.165) is 16.9 Å². The lowest BCUT2D eigenvalue weighted by Crippen LogP contribution is -2.51. The van der Waals surface area contributed by atoms with Crippen molar-refractivity contribution in [1.82, 2.24) is 9.78 Å². The summed E-state index contributed by atoms with van der Waals surface area (Å²) in [6.45, 7) is 5.93. The molecule has 3 aromatic carbocycles. The zero-order valence-electron chi connectivity index (χ0n) is 21.2. The van der Waals surface area contributed by atoms with E-state index in [1.54, 1.807) is 47.0 Å². The number of benzene rings is 3. The third-order valence-electron chi connectivity index (χ3n) is 7.23. The SMILES string of the molecule is COc1cccc(-n2nc3c(c2C(C)C)C2(C(=O)Nc4cc(Cl)ccc42)N(c2cc(Cl)ccc2C)C3=O)c1. The van der Waals surface area contributed by atoms with Crippen molar-refractivity contribution in [3.05, 3.63) is 98.8 Å². The largest absolute Gasteiger partial charge is 0.497 e. The molecule has 7 nitrogen and oxygen atoms in total. The van der Waals surface area contributed by atoms with E-state index in [4.69, 9.17) is 33.0 Å². The van der Waals surface area contributed by atoms with Crippen LogP contribution in [0.1, 0.15) is 52.6 Å². The van der Waals surface area contributed by atoms with Gasteiger partial charge in [-0.3, -0.25) is 14.5 Å². The fraction of sp³-hybridized carbons (Fsp3) is 0.207.